The molecule has 1 aliphatic heterocycles. The number of carbonyl (C=O) groups is 1. The predicted octanol–water partition coefficient (Wildman–Crippen LogP) is 4.02. The summed E-state index contributed by atoms with van der Waals surface area (Å²) in [6, 6.07) is 8.26. The summed E-state index contributed by atoms with van der Waals surface area (Å²) in [5.74, 6) is 0.552. The third-order valence-corrected chi connectivity index (χ3v) is 5.36. The topological polar surface area (TPSA) is 59.7 Å². The summed E-state index contributed by atoms with van der Waals surface area (Å²) >= 11 is 11.7. The van der Waals surface area contributed by atoms with Crippen LogP contribution in [0, 0.1) is 12.0 Å². The van der Waals surface area contributed by atoms with Crippen LogP contribution in [0.2, 0.25) is 10.2 Å². The van der Waals surface area contributed by atoms with E-state index in [-0.39, 0.29) is 22.6 Å². The Morgan fingerprint density at radius 1 is 1.23 bits per heavy atom. The van der Waals surface area contributed by atoms with Crippen LogP contribution < -0.4 is 4.74 Å². The number of halogens is 2. The molecule has 0 N–H and O–H groups in total. The van der Waals surface area contributed by atoms with Gasteiger partial charge in [-0.25, -0.2) is 4.85 Å². The molecule has 2 fully saturated rings. The highest BCUT2D eigenvalue weighted by atomic mass is 35.5. The van der Waals surface area contributed by atoms with Gasteiger partial charge in [-0.1, -0.05) is 29.3 Å². The van der Waals surface area contributed by atoms with E-state index in [9.17, 15) is 4.79 Å². The van der Waals surface area contributed by atoms with Crippen LogP contribution in [-0.2, 0) is 0 Å². The Morgan fingerprint density at radius 2 is 2.00 bits per heavy atom. The van der Waals surface area contributed by atoms with E-state index in [2.05, 4.69) is 15.0 Å². The molecule has 1 aromatic carbocycles. The molecule has 2 heterocycles. The van der Waals surface area contributed by atoms with Gasteiger partial charge in [0, 0.05) is 18.5 Å². The minimum Gasteiger partial charge on any atom is -0.490 e. The van der Waals surface area contributed by atoms with Crippen LogP contribution >= 0.6 is 23.2 Å². The zero-order valence-corrected chi connectivity index (χ0v) is 15.2. The lowest BCUT2D eigenvalue weighted by atomic mass is 9.61. The van der Waals surface area contributed by atoms with Gasteiger partial charge in [0.15, 0.2) is 10.8 Å². The quantitative estimate of drug-likeness (QED) is 0.745. The first-order chi connectivity index (χ1) is 12.5. The van der Waals surface area contributed by atoms with Gasteiger partial charge in [0.05, 0.1) is 11.6 Å². The molecule has 6 nitrogen and oxygen atoms in total. The van der Waals surface area contributed by atoms with Crippen molar-refractivity contribution >= 4 is 34.8 Å². The van der Waals surface area contributed by atoms with Gasteiger partial charge >= 0.3 is 0 Å². The fraction of sp³-hybridized carbons (Fsp3) is 0.333. The fourth-order valence-corrected chi connectivity index (χ4v) is 3.90. The number of hydrogen-bond donors (Lipinski definition) is 0. The zero-order chi connectivity index (χ0) is 18.3. The van der Waals surface area contributed by atoms with E-state index in [0.29, 0.717) is 35.2 Å². The second kappa shape index (κ2) is 6.42. The van der Waals surface area contributed by atoms with E-state index in [0.717, 1.165) is 12.8 Å². The Bertz CT molecular complexity index is 896. The van der Waals surface area contributed by atoms with Crippen LogP contribution in [0.4, 0.5) is 5.69 Å². The first kappa shape index (κ1) is 17.1. The molecule has 0 radical (unpaired) electrons. The van der Waals surface area contributed by atoms with E-state index >= 15 is 0 Å². The van der Waals surface area contributed by atoms with Crippen LogP contribution in [0.3, 0.4) is 0 Å². The average molecular weight is 389 g/mol. The predicted molar refractivity (Wildman–Crippen MR) is 96.7 cm³/mol. The Hall–Kier alpha value is -2.36. The molecule has 0 atom stereocenters. The molecule has 2 aliphatic rings. The van der Waals surface area contributed by atoms with Gasteiger partial charge in [0.25, 0.3) is 5.91 Å². The Kier molecular flexibility index (Phi) is 4.22. The number of ether oxygens (including phenoxy) is 1. The minimum absolute atomic E-state index is 0.109. The number of benzene rings is 1. The first-order valence-electron chi connectivity index (χ1n) is 8.10. The fourth-order valence-electron chi connectivity index (χ4n) is 3.59. The Morgan fingerprint density at radius 3 is 2.62 bits per heavy atom. The molecule has 0 unspecified atom stereocenters. The van der Waals surface area contributed by atoms with Crippen LogP contribution in [0.25, 0.3) is 4.85 Å². The molecule has 26 heavy (non-hydrogen) atoms. The van der Waals surface area contributed by atoms with Crippen molar-refractivity contribution in [1.82, 2.24) is 15.1 Å². The number of carbonyl (C=O) groups excluding carboxylic acids is 1. The maximum Gasteiger partial charge on any atom is 0.274 e. The molecule has 1 amide bonds. The Labute approximate surface area is 160 Å². The SMILES string of the molecule is [C-]#[N+]c1ccc(OC2CC3(C2)CN(C(=O)c2ccc(Cl)nn2)C3)cc1Cl. The van der Waals surface area contributed by atoms with Gasteiger partial charge in [-0.3, -0.25) is 4.79 Å². The van der Waals surface area contributed by atoms with Crippen molar-refractivity contribution in [3.05, 3.63) is 57.6 Å². The smallest absolute Gasteiger partial charge is 0.274 e. The summed E-state index contributed by atoms with van der Waals surface area (Å²) in [5.41, 5.74) is 0.869. The summed E-state index contributed by atoms with van der Waals surface area (Å²) < 4.78 is 5.93. The largest absolute Gasteiger partial charge is 0.490 e. The van der Waals surface area contributed by atoms with Crippen molar-refractivity contribution in [3.8, 4) is 5.75 Å². The summed E-state index contributed by atoms with van der Waals surface area (Å²) in [4.78, 5) is 17.5. The summed E-state index contributed by atoms with van der Waals surface area (Å²) in [6.07, 6.45) is 1.90. The molecule has 0 bridgehead atoms. The van der Waals surface area contributed by atoms with Crippen molar-refractivity contribution in [2.75, 3.05) is 13.1 Å². The van der Waals surface area contributed by atoms with Crippen molar-refractivity contribution in [1.29, 1.82) is 0 Å². The standard InChI is InChI=1S/C18H14Cl2N4O2/c1-21-14-3-2-11(6-13(14)19)26-12-7-18(8-12)9-24(10-18)17(25)15-4-5-16(20)23-22-15/h2-6,12H,7-10H2. The minimum atomic E-state index is -0.120. The lowest BCUT2D eigenvalue weighted by Gasteiger charge is -2.58. The van der Waals surface area contributed by atoms with E-state index in [4.69, 9.17) is 34.5 Å². The number of amides is 1. The number of aromatic nitrogens is 2. The number of likely N-dealkylation sites (tertiary alicyclic amines) is 1. The maximum absolute atomic E-state index is 12.3. The third-order valence-electron chi connectivity index (χ3n) is 4.85. The molecule has 1 aromatic heterocycles. The van der Waals surface area contributed by atoms with Crippen LogP contribution in [-0.4, -0.2) is 40.2 Å². The molecule has 2 aromatic rings. The Balaban J connectivity index is 1.29. The van der Waals surface area contributed by atoms with Crippen molar-refractivity contribution in [3.63, 3.8) is 0 Å². The highest BCUT2D eigenvalue weighted by Crippen LogP contribution is 2.50. The number of hydrogen-bond acceptors (Lipinski definition) is 4. The molecular formula is C18H14Cl2N4O2. The molecule has 132 valence electrons. The molecule has 1 saturated carbocycles. The van der Waals surface area contributed by atoms with E-state index < -0.39 is 0 Å². The molecule has 1 spiro atoms. The second-order valence-electron chi connectivity index (χ2n) is 6.78. The third kappa shape index (κ3) is 3.09. The average Bonchev–Trinajstić information content (AvgIpc) is 2.56. The summed E-state index contributed by atoms with van der Waals surface area (Å²) in [5, 5.41) is 8.21. The molecule has 1 saturated heterocycles. The van der Waals surface area contributed by atoms with Crippen molar-refractivity contribution < 1.29 is 9.53 Å². The monoisotopic (exact) mass is 388 g/mol. The van der Waals surface area contributed by atoms with Gasteiger partial charge in [-0.05, 0) is 37.1 Å². The molecule has 1 aliphatic carbocycles. The van der Waals surface area contributed by atoms with Crippen molar-refractivity contribution in [2.24, 2.45) is 5.41 Å². The maximum atomic E-state index is 12.3. The molecule has 8 heteroatoms. The normalized spacial score (nSPS) is 18.0. The first-order valence-corrected chi connectivity index (χ1v) is 8.86. The van der Waals surface area contributed by atoms with Gasteiger partial charge in [0.1, 0.15) is 11.9 Å². The van der Waals surface area contributed by atoms with E-state index in [1.807, 2.05) is 0 Å². The molecule has 4 rings (SSSR count). The highest BCUT2D eigenvalue weighted by Gasteiger charge is 2.55. The lowest BCUT2D eigenvalue weighted by Crippen LogP contribution is -2.65. The second-order valence-corrected chi connectivity index (χ2v) is 7.57. The van der Waals surface area contributed by atoms with Gasteiger partial charge in [-0.15, -0.1) is 10.2 Å². The van der Waals surface area contributed by atoms with E-state index in [1.165, 1.54) is 0 Å². The summed E-state index contributed by atoms with van der Waals surface area (Å²) in [7, 11) is 0. The van der Waals surface area contributed by atoms with Gasteiger partial charge < -0.3 is 9.64 Å². The van der Waals surface area contributed by atoms with E-state index in [1.54, 1.807) is 35.2 Å². The van der Waals surface area contributed by atoms with Crippen LogP contribution in [0.15, 0.2) is 30.3 Å². The van der Waals surface area contributed by atoms with Crippen LogP contribution in [0.1, 0.15) is 23.3 Å². The summed E-state index contributed by atoms with van der Waals surface area (Å²) in [6.45, 7) is 8.41. The molecular weight excluding hydrogens is 375 g/mol. The zero-order valence-electron chi connectivity index (χ0n) is 13.7. The van der Waals surface area contributed by atoms with Gasteiger partial charge in [-0.2, -0.15) is 0 Å². The number of nitrogens with zero attached hydrogens (tertiary/aromatic N) is 4. The van der Waals surface area contributed by atoms with Gasteiger partial charge in [0.2, 0.25) is 5.69 Å². The van der Waals surface area contributed by atoms with Crippen molar-refractivity contribution in [2.45, 2.75) is 18.9 Å². The van der Waals surface area contributed by atoms with Crippen LogP contribution in [0.5, 0.6) is 5.75 Å². The number of rotatable bonds is 3. The highest BCUT2D eigenvalue weighted by molar-refractivity contribution is 6.33. The lowest BCUT2D eigenvalue weighted by molar-refractivity contribution is -0.103.